The summed E-state index contributed by atoms with van der Waals surface area (Å²) in [7, 11) is -3.66. The molecule has 1 aromatic rings. The van der Waals surface area contributed by atoms with Crippen LogP contribution in [-0.2, 0) is 29.2 Å². The summed E-state index contributed by atoms with van der Waals surface area (Å²) < 4.78 is 31.3. The summed E-state index contributed by atoms with van der Waals surface area (Å²) in [6, 6.07) is 9.69. The van der Waals surface area contributed by atoms with Gasteiger partial charge in [0, 0.05) is 19.6 Å². The summed E-state index contributed by atoms with van der Waals surface area (Å²) in [6.45, 7) is 4.76. The standard InChI is InChI=1S/C27H41N3O6S/c1-20(2)18-24(26(31)28-30(37(3,33)34)19-22-15-16-22)23(13-9-12-21-10-5-4-6-11-21)27(32)29-36-25-14-7-8-17-35-25/h4-6,9-12,20,22-25H,7-8,13-19H2,1-3H3,(H,28,31)(H,29,32)/t23-,24+,25?/m0/s1. The highest BCUT2D eigenvalue weighted by Crippen LogP contribution is 2.30. The molecule has 2 amide bonds. The van der Waals surface area contributed by atoms with Gasteiger partial charge in [0.1, 0.15) is 0 Å². The van der Waals surface area contributed by atoms with E-state index in [-0.39, 0.29) is 24.8 Å². The van der Waals surface area contributed by atoms with Gasteiger partial charge in [-0.05, 0) is 55.9 Å². The molecule has 2 fully saturated rings. The first kappa shape index (κ1) is 29.3. The molecule has 1 unspecified atom stereocenters. The minimum Gasteiger partial charge on any atom is -0.350 e. The van der Waals surface area contributed by atoms with Crippen molar-refractivity contribution >= 4 is 27.9 Å². The van der Waals surface area contributed by atoms with E-state index >= 15 is 0 Å². The van der Waals surface area contributed by atoms with Gasteiger partial charge >= 0.3 is 0 Å². The number of carbonyl (C=O) groups excluding carboxylic acids is 2. The molecule has 2 aliphatic rings. The Kier molecular flexibility index (Phi) is 11.1. The first-order chi connectivity index (χ1) is 17.6. The topological polar surface area (TPSA) is 114 Å². The van der Waals surface area contributed by atoms with Crippen molar-refractivity contribution in [2.24, 2.45) is 23.7 Å². The summed E-state index contributed by atoms with van der Waals surface area (Å²) in [5.41, 5.74) is 6.12. The molecule has 37 heavy (non-hydrogen) atoms. The van der Waals surface area contributed by atoms with Gasteiger partial charge in [-0.15, -0.1) is 4.41 Å². The SMILES string of the molecule is CC(C)C[C@@H](C(=O)NN(CC1CC1)S(C)(=O)=O)[C@H](CC=Cc1ccccc1)C(=O)NOC1CCCCO1. The average molecular weight is 536 g/mol. The summed E-state index contributed by atoms with van der Waals surface area (Å²) in [4.78, 5) is 32.5. The third-order valence-electron chi connectivity index (χ3n) is 6.57. The highest BCUT2D eigenvalue weighted by atomic mass is 32.2. The van der Waals surface area contributed by atoms with E-state index in [0.29, 0.717) is 19.4 Å². The van der Waals surface area contributed by atoms with Crippen molar-refractivity contribution in [1.29, 1.82) is 0 Å². The number of nitrogens with one attached hydrogen (secondary N) is 2. The van der Waals surface area contributed by atoms with Gasteiger partial charge in [-0.3, -0.25) is 15.0 Å². The van der Waals surface area contributed by atoms with Crippen molar-refractivity contribution in [2.45, 2.75) is 65.1 Å². The summed E-state index contributed by atoms with van der Waals surface area (Å²) in [5, 5.41) is 0. The van der Waals surface area contributed by atoms with Crippen LogP contribution in [0.5, 0.6) is 0 Å². The Hall–Kier alpha value is -2.27. The number of hydrogen-bond donors (Lipinski definition) is 2. The highest BCUT2D eigenvalue weighted by molar-refractivity contribution is 7.88. The fourth-order valence-electron chi connectivity index (χ4n) is 4.34. The van der Waals surface area contributed by atoms with E-state index in [1.54, 1.807) is 0 Å². The van der Waals surface area contributed by atoms with Crippen molar-refractivity contribution in [3.63, 3.8) is 0 Å². The summed E-state index contributed by atoms with van der Waals surface area (Å²) in [6.07, 6.45) is 9.49. The molecular weight excluding hydrogens is 494 g/mol. The van der Waals surface area contributed by atoms with Crippen LogP contribution in [0.4, 0.5) is 0 Å². The van der Waals surface area contributed by atoms with Crippen LogP contribution in [0.3, 0.4) is 0 Å². The molecule has 1 saturated carbocycles. The number of hydroxylamine groups is 1. The van der Waals surface area contributed by atoms with Gasteiger partial charge in [0.25, 0.3) is 0 Å². The minimum absolute atomic E-state index is 0.0989. The van der Waals surface area contributed by atoms with Gasteiger partial charge < -0.3 is 4.74 Å². The van der Waals surface area contributed by atoms with Crippen LogP contribution in [0.15, 0.2) is 36.4 Å². The Bertz CT molecular complexity index is 1000. The molecule has 1 aliphatic heterocycles. The maximum absolute atomic E-state index is 13.5. The maximum atomic E-state index is 13.5. The Morgan fingerprint density at radius 2 is 1.84 bits per heavy atom. The van der Waals surface area contributed by atoms with Crippen molar-refractivity contribution in [1.82, 2.24) is 15.3 Å². The van der Waals surface area contributed by atoms with Crippen LogP contribution in [0.25, 0.3) is 6.08 Å². The predicted octanol–water partition coefficient (Wildman–Crippen LogP) is 3.65. The smallest absolute Gasteiger partial charge is 0.247 e. The monoisotopic (exact) mass is 535 g/mol. The van der Waals surface area contributed by atoms with E-state index in [1.165, 1.54) is 0 Å². The van der Waals surface area contributed by atoms with Gasteiger partial charge in [0.15, 0.2) is 6.29 Å². The second-order valence-electron chi connectivity index (χ2n) is 10.5. The summed E-state index contributed by atoms with van der Waals surface area (Å²) in [5.74, 6) is -2.10. The van der Waals surface area contributed by atoms with Crippen molar-refractivity contribution in [3.05, 3.63) is 42.0 Å². The molecule has 1 aliphatic carbocycles. The molecule has 0 aromatic heterocycles. The van der Waals surface area contributed by atoms with E-state index < -0.39 is 40.0 Å². The third kappa shape index (κ3) is 10.2. The molecule has 1 heterocycles. The Labute approximate surface area is 220 Å². The second-order valence-corrected chi connectivity index (χ2v) is 12.4. The van der Waals surface area contributed by atoms with Crippen LogP contribution in [-0.4, -0.2) is 50.3 Å². The fraction of sp³-hybridized carbons (Fsp3) is 0.630. The molecule has 3 rings (SSSR count). The van der Waals surface area contributed by atoms with E-state index in [2.05, 4.69) is 10.9 Å². The van der Waals surface area contributed by atoms with E-state index in [1.807, 2.05) is 56.3 Å². The van der Waals surface area contributed by atoms with Gasteiger partial charge in [-0.25, -0.2) is 18.7 Å². The number of allylic oxidation sites excluding steroid dienone is 1. The van der Waals surface area contributed by atoms with Crippen LogP contribution in [0.1, 0.15) is 64.4 Å². The lowest BCUT2D eigenvalue weighted by atomic mass is 9.82. The second kappa shape index (κ2) is 14.0. The van der Waals surface area contributed by atoms with Crippen LogP contribution in [0.2, 0.25) is 0 Å². The number of carbonyl (C=O) groups is 2. The molecule has 1 saturated heterocycles. The molecule has 10 heteroatoms. The average Bonchev–Trinajstić information content (AvgIpc) is 3.68. The maximum Gasteiger partial charge on any atom is 0.247 e. The quantitative estimate of drug-likeness (QED) is 0.352. The number of amides is 2. The number of benzene rings is 1. The number of nitrogens with zero attached hydrogens (tertiary/aromatic N) is 1. The van der Waals surface area contributed by atoms with Crippen molar-refractivity contribution < 1.29 is 27.6 Å². The van der Waals surface area contributed by atoms with Crippen LogP contribution >= 0.6 is 0 Å². The molecule has 0 radical (unpaired) electrons. The van der Waals surface area contributed by atoms with Crippen molar-refractivity contribution in [2.75, 3.05) is 19.4 Å². The van der Waals surface area contributed by atoms with Crippen molar-refractivity contribution in [3.8, 4) is 0 Å². The lowest BCUT2D eigenvalue weighted by Crippen LogP contribution is -2.51. The van der Waals surface area contributed by atoms with E-state index in [0.717, 1.165) is 41.9 Å². The normalized spacial score (nSPS) is 20.2. The van der Waals surface area contributed by atoms with E-state index in [4.69, 9.17) is 9.57 Å². The Morgan fingerprint density at radius 3 is 2.43 bits per heavy atom. The molecule has 3 atom stereocenters. The molecule has 0 bridgehead atoms. The first-order valence-electron chi connectivity index (χ1n) is 13.2. The zero-order chi connectivity index (χ0) is 26.8. The van der Waals surface area contributed by atoms with Crippen LogP contribution in [0, 0.1) is 23.7 Å². The number of hydrazine groups is 1. The molecule has 0 spiro atoms. The third-order valence-corrected chi connectivity index (χ3v) is 7.61. The number of sulfonamides is 1. The number of hydrogen-bond acceptors (Lipinski definition) is 6. The zero-order valence-corrected chi connectivity index (χ0v) is 22.9. The Morgan fingerprint density at radius 1 is 1.11 bits per heavy atom. The van der Waals surface area contributed by atoms with Gasteiger partial charge in [0.05, 0.1) is 18.1 Å². The van der Waals surface area contributed by atoms with Gasteiger partial charge in [-0.2, -0.15) is 0 Å². The molecular formula is C27H41N3O6S. The number of rotatable bonds is 14. The van der Waals surface area contributed by atoms with E-state index in [9.17, 15) is 18.0 Å². The summed E-state index contributed by atoms with van der Waals surface area (Å²) >= 11 is 0. The van der Waals surface area contributed by atoms with Crippen LogP contribution < -0.4 is 10.9 Å². The van der Waals surface area contributed by atoms with Gasteiger partial charge in [-0.1, -0.05) is 56.3 Å². The molecule has 1 aromatic carbocycles. The minimum atomic E-state index is -3.66. The Balaban J connectivity index is 1.79. The zero-order valence-electron chi connectivity index (χ0n) is 22.1. The lowest BCUT2D eigenvalue weighted by Gasteiger charge is -2.30. The molecule has 2 N–H and O–H groups in total. The largest absolute Gasteiger partial charge is 0.350 e. The highest BCUT2D eigenvalue weighted by Gasteiger charge is 2.37. The first-order valence-corrected chi connectivity index (χ1v) is 15.0. The number of ether oxygens (including phenoxy) is 1. The molecule has 9 nitrogen and oxygen atoms in total. The lowest BCUT2D eigenvalue weighted by molar-refractivity contribution is -0.203. The molecule has 206 valence electrons. The predicted molar refractivity (Wildman–Crippen MR) is 142 cm³/mol. The fourth-order valence-corrected chi connectivity index (χ4v) is 5.08. The van der Waals surface area contributed by atoms with Gasteiger partial charge in [0.2, 0.25) is 21.8 Å².